The molecule has 0 radical (unpaired) electrons. The first-order chi connectivity index (χ1) is 9.13. The van der Waals surface area contributed by atoms with Crippen molar-refractivity contribution in [3.63, 3.8) is 0 Å². The summed E-state index contributed by atoms with van der Waals surface area (Å²) in [6.45, 7) is 3.54. The number of pyridine rings is 1. The van der Waals surface area contributed by atoms with Crippen LogP contribution in [0.3, 0.4) is 0 Å². The second-order valence-corrected chi connectivity index (χ2v) is 4.23. The first kappa shape index (κ1) is 12.8. The number of aromatic nitrogens is 1. The van der Waals surface area contributed by atoms with Gasteiger partial charge >= 0.3 is 0 Å². The number of benzene rings is 1. The SMILES string of the molecule is Cc1cc(C)n(/N=C\c2ccccc2)c(=O)c1C#N. The van der Waals surface area contributed by atoms with Gasteiger partial charge in [0.1, 0.15) is 11.6 Å². The van der Waals surface area contributed by atoms with Gasteiger partial charge in [0.05, 0.1) is 6.21 Å². The van der Waals surface area contributed by atoms with Crippen molar-refractivity contribution >= 4 is 6.21 Å². The first-order valence-corrected chi connectivity index (χ1v) is 5.86. The summed E-state index contributed by atoms with van der Waals surface area (Å²) in [6.07, 6.45) is 1.60. The van der Waals surface area contributed by atoms with E-state index >= 15 is 0 Å². The molecule has 0 fully saturated rings. The fourth-order valence-corrected chi connectivity index (χ4v) is 1.82. The second-order valence-electron chi connectivity index (χ2n) is 4.23. The van der Waals surface area contributed by atoms with Crippen molar-refractivity contribution < 1.29 is 0 Å². The number of nitriles is 1. The number of hydrogen-bond donors (Lipinski definition) is 0. The lowest BCUT2D eigenvalue weighted by Gasteiger charge is -2.06. The molecule has 19 heavy (non-hydrogen) atoms. The molecule has 0 bridgehead atoms. The maximum Gasteiger partial charge on any atom is 0.289 e. The van der Waals surface area contributed by atoms with E-state index in [-0.39, 0.29) is 11.1 Å². The fraction of sp³-hybridized carbons (Fsp3) is 0.133. The number of hydrogen-bond acceptors (Lipinski definition) is 3. The van der Waals surface area contributed by atoms with Crippen LogP contribution in [0.25, 0.3) is 0 Å². The van der Waals surface area contributed by atoms with E-state index in [9.17, 15) is 4.79 Å². The third-order valence-corrected chi connectivity index (χ3v) is 2.79. The average molecular weight is 251 g/mol. The van der Waals surface area contributed by atoms with Gasteiger partial charge in [-0.2, -0.15) is 10.4 Å². The highest BCUT2D eigenvalue weighted by Gasteiger charge is 2.08. The van der Waals surface area contributed by atoms with Gasteiger partial charge in [0.2, 0.25) is 0 Å². The summed E-state index contributed by atoms with van der Waals surface area (Å²) < 4.78 is 1.25. The third kappa shape index (κ3) is 2.61. The van der Waals surface area contributed by atoms with Gasteiger partial charge in [0, 0.05) is 5.69 Å². The Balaban J connectivity index is 2.50. The van der Waals surface area contributed by atoms with E-state index in [1.807, 2.05) is 36.4 Å². The summed E-state index contributed by atoms with van der Waals surface area (Å²) in [5.41, 5.74) is 2.03. The van der Waals surface area contributed by atoms with Crippen LogP contribution in [0, 0.1) is 25.2 Å². The van der Waals surface area contributed by atoms with Gasteiger partial charge in [-0.1, -0.05) is 30.3 Å². The molecular formula is C15H13N3O. The Labute approximate surface area is 111 Å². The number of aryl methyl sites for hydroxylation is 2. The normalized spacial score (nSPS) is 10.6. The van der Waals surface area contributed by atoms with E-state index in [2.05, 4.69) is 5.10 Å². The van der Waals surface area contributed by atoms with E-state index in [0.29, 0.717) is 11.3 Å². The molecule has 0 spiro atoms. The van der Waals surface area contributed by atoms with Crippen molar-refractivity contribution in [2.75, 3.05) is 0 Å². The standard InChI is InChI=1S/C15H13N3O/c1-11-8-12(2)18(15(19)14(11)9-16)17-10-13-6-4-3-5-7-13/h3-8,10H,1-2H3/b17-10-. The van der Waals surface area contributed by atoms with Gasteiger partial charge in [-0.05, 0) is 31.0 Å². The molecule has 4 heteroatoms. The van der Waals surface area contributed by atoms with Crippen LogP contribution in [-0.4, -0.2) is 10.9 Å². The molecule has 2 rings (SSSR count). The molecule has 4 nitrogen and oxygen atoms in total. The molecule has 0 saturated carbocycles. The zero-order valence-electron chi connectivity index (χ0n) is 10.8. The monoisotopic (exact) mass is 251 g/mol. The largest absolute Gasteiger partial charge is 0.289 e. The highest BCUT2D eigenvalue weighted by Crippen LogP contribution is 2.05. The van der Waals surface area contributed by atoms with Crippen LogP contribution in [-0.2, 0) is 0 Å². The quantitative estimate of drug-likeness (QED) is 0.768. The summed E-state index contributed by atoms with van der Waals surface area (Å²) in [6, 6.07) is 13.2. The molecule has 0 N–H and O–H groups in total. The molecule has 1 aromatic heterocycles. The summed E-state index contributed by atoms with van der Waals surface area (Å²) in [5, 5.41) is 13.1. The van der Waals surface area contributed by atoms with Crippen LogP contribution in [0.5, 0.6) is 0 Å². The van der Waals surface area contributed by atoms with Crippen LogP contribution in [0.15, 0.2) is 46.3 Å². The molecule has 0 aliphatic rings. The Kier molecular flexibility index (Phi) is 3.58. The predicted octanol–water partition coefficient (Wildman–Crippen LogP) is 2.22. The first-order valence-electron chi connectivity index (χ1n) is 5.86. The fourth-order valence-electron chi connectivity index (χ4n) is 1.82. The molecule has 2 aromatic rings. The number of nitrogens with zero attached hydrogens (tertiary/aromatic N) is 3. The van der Waals surface area contributed by atoms with Crippen LogP contribution in [0.2, 0.25) is 0 Å². The Hall–Kier alpha value is -2.67. The third-order valence-electron chi connectivity index (χ3n) is 2.79. The number of rotatable bonds is 2. The summed E-state index contributed by atoms with van der Waals surface area (Å²) in [5.74, 6) is 0. The second kappa shape index (κ2) is 5.32. The molecular weight excluding hydrogens is 238 g/mol. The van der Waals surface area contributed by atoms with E-state index in [0.717, 1.165) is 5.56 Å². The van der Waals surface area contributed by atoms with Crippen molar-refractivity contribution in [1.82, 2.24) is 4.68 Å². The molecule has 0 aliphatic heterocycles. The molecule has 94 valence electrons. The Morgan fingerprint density at radius 1 is 1.26 bits per heavy atom. The lowest BCUT2D eigenvalue weighted by atomic mass is 10.1. The Morgan fingerprint density at radius 3 is 2.58 bits per heavy atom. The molecule has 0 aliphatic carbocycles. The highest BCUT2D eigenvalue weighted by atomic mass is 16.1. The summed E-state index contributed by atoms with van der Waals surface area (Å²) >= 11 is 0. The van der Waals surface area contributed by atoms with Gasteiger partial charge in [-0.25, -0.2) is 4.68 Å². The van der Waals surface area contributed by atoms with Crippen molar-refractivity contribution in [2.24, 2.45) is 5.10 Å². The zero-order valence-corrected chi connectivity index (χ0v) is 10.8. The highest BCUT2D eigenvalue weighted by molar-refractivity contribution is 5.79. The van der Waals surface area contributed by atoms with Crippen molar-refractivity contribution in [1.29, 1.82) is 5.26 Å². The van der Waals surface area contributed by atoms with Gasteiger partial charge in [-0.15, -0.1) is 0 Å². The van der Waals surface area contributed by atoms with Crippen LogP contribution < -0.4 is 5.56 Å². The van der Waals surface area contributed by atoms with Crippen molar-refractivity contribution in [3.05, 3.63) is 69.1 Å². The zero-order chi connectivity index (χ0) is 13.8. The Bertz CT molecular complexity index is 722. The van der Waals surface area contributed by atoms with Crippen LogP contribution in [0.4, 0.5) is 0 Å². The van der Waals surface area contributed by atoms with Gasteiger partial charge < -0.3 is 0 Å². The van der Waals surface area contributed by atoms with Gasteiger partial charge in [-0.3, -0.25) is 4.79 Å². The van der Waals surface area contributed by atoms with E-state index in [4.69, 9.17) is 5.26 Å². The van der Waals surface area contributed by atoms with E-state index in [1.165, 1.54) is 4.68 Å². The minimum atomic E-state index is -0.382. The molecule has 1 heterocycles. The molecule has 0 saturated heterocycles. The topological polar surface area (TPSA) is 58.1 Å². The summed E-state index contributed by atoms with van der Waals surface area (Å²) in [4.78, 5) is 12.1. The molecule has 0 atom stereocenters. The minimum Gasteiger partial charge on any atom is -0.266 e. The predicted molar refractivity (Wildman–Crippen MR) is 74.3 cm³/mol. The van der Waals surface area contributed by atoms with Gasteiger partial charge in [0.15, 0.2) is 0 Å². The molecule has 0 amide bonds. The van der Waals surface area contributed by atoms with Gasteiger partial charge in [0.25, 0.3) is 5.56 Å². The van der Waals surface area contributed by atoms with Crippen molar-refractivity contribution in [2.45, 2.75) is 13.8 Å². The maximum absolute atomic E-state index is 12.1. The summed E-state index contributed by atoms with van der Waals surface area (Å²) in [7, 11) is 0. The smallest absolute Gasteiger partial charge is 0.266 e. The lowest BCUT2D eigenvalue weighted by Crippen LogP contribution is -2.22. The molecule has 0 unspecified atom stereocenters. The molecule has 1 aromatic carbocycles. The minimum absolute atomic E-state index is 0.135. The van der Waals surface area contributed by atoms with Crippen LogP contribution in [0.1, 0.15) is 22.4 Å². The Morgan fingerprint density at radius 2 is 1.95 bits per heavy atom. The van der Waals surface area contributed by atoms with E-state index < -0.39 is 0 Å². The van der Waals surface area contributed by atoms with E-state index in [1.54, 1.807) is 26.1 Å². The lowest BCUT2D eigenvalue weighted by molar-refractivity contribution is 0.786. The van der Waals surface area contributed by atoms with Crippen molar-refractivity contribution in [3.8, 4) is 6.07 Å². The van der Waals surface area contributed by atoms with Crippen LogP contribution >= 0.6 is 0 Å². The maximum atomic E-state index is 12.1. The average Bonchev–Trinajstić information content (AvgIpc) is 2.39.